The third kappa shape index (κ3) is 5.14. The second-order valence-electron chi connectivity index (χ2n) is 8.08. The molecule has 1 saturated heterocycles. The highest BCUT2D eigenvalue weighted by atomic mass is 32.2. The summed E-state index contributed by atoms with van der Waals surface area (Å²) in [4.78, 5) is 15.1. The normalized spacial score (nSPS) is 15.1. The predicted molar refractivity (Wildman–Crippen MR) is 122 cm³/mol. The smallest absolute Gasteiger partial charge is 0.243 e. The molecule has 0 aromatic heterocycles. The molecule has 6 nitrogen and oxygen atoms in total. The number of nitrogens with one attached hydrogen (secondary N) is 1. The number of amides is 1. The molecule has 3 rings (SSSR count). The second kappa shape index (κ2) is 9.08. The van der Waals surface area contributed by atoms with E-state index in [-0.39, 0.29) is 5.91 Å². The van der Waals surface area contributed by atoms with E-state index >= 15 is 0 Å². The molecule has 2 aromatic carbocycles. The van der Waals surface area contributed by atoms with Gasteiger partial charge >= 0.3 is 0 Å². The Morgan fingerprint density at radius 1 is 1.07 bits per heavy atom. The molecule has 0 saturated carbocycles. The van der Waals surface area contributed by atoms with Crippen molar-refractivity contribution in [3.63, 3.8) is 0 Å². The van der Waals surface area contributed by atoms with Gasteiger partial charge in [0.05, 0.1) is 11.9 Å². The van der Waals surface area contributed by atoms with E-state index in [2.05, 4.69) is 22.3 Å². The topological polar surface area (TPSA) is 69.7 Å². The Kier molecular flexibility index (Phi) is 6.71. The third-order valence-corrected chi connectivity index (χ3v) is 6.95. The fourth-order valence-corrected chi connectivity index (χ4v) is 4.97. The lowest BCUT2D eigenvalue weighted by Crippen LogP contribution is -2.47. The molecule has 1 heterocycles. The summed E-state index contributed by atoms with van der Waals surface area (Å²) >= 11 is 0. The van der Waals surface area contributed by atoms with E-state index in [1.807, 2.05) is 32.0 Å². The van der Waals surface area contributed by atoms with Gasteiger partial charge < -0.3 is 10.2 Å². The first-order chi connectivity index (χ1) is 14.2. The molecule has 162 valence electrons. The fraction of sp³-hybridized carbons (Fsp3) is 0.435. The Balaban J connectivity index is 1.68. The van der Waals surface area contributed by atoms with Crippen LogP contribution in [0.15, 0.2) is 42.5 Å². The molecule has 1 amide bonds. The summed E-state index contributed by atoms with van der Waals surface area (Å²) in [6, 6.07) is 12.7. The van der Waals surface area contributed by atoms with E-state index in [1.54, 1.807) is 19.1 Å². The van der Waals surface area contributed by atoms with Crippen molar-refractivity contribution in [1.29, 1.82) is 0 Å². The van der Waals surface area contributed by atoms with Gasteiger partial charge in [0.25, 0.3) is 0 Å². The average Bonchev–Trinajstić information content (AvgIpc) is 3.23. The Labute approximate surface area is 179 Å². The molecule has 0 spiro atoms. The summed E-state index contributed by atoms with van der Waals surface area (Å²) < 4.78 is 26.1. The van der Waals surface area contributed by atoms with E-state index in [1.165, 1.54) is 22.8 Å². The molecule has 1 aliphatic heterocycles. The molecule has 0 radical (unpaired) electrons. The minimum Gasteiger partial charge on any atom is -0.372 e. The zero-order valence-electron chi connectivity index (χ0n) is 18.2. The molecule has 0 aliphatic carbocycles. The Bertz CT molecular complexity index is 997. The number of carbonyl (C=O) groups is 1. The highest BCUT2D eigenvalue weighted by molar-refractivity contribution is 7.92. The number of nitrogens with zero attached hydrogens (tertiary/aromatic N) is 2. The second-order valence-corrected chi connectivity index (χ2v) is 9.94. The summed E-state index contributed by atoms with van der Waals surface area (Å²) in [5, 5.41) is 2.88. The average molecular weight is 430 g/mol. The van der Waals surface area contributed by atoms with Crippen LogP contribution >= 0.6 is 0 Å². The molecule has 1 N–H and O–H groups in total. The highest BCUT2D eigenvalue weighted by Crippen LogP contribution is 2.24. The number of anilines is 2. The molecule has 7 heteroatoms. The van der Waals surface area contributed by atoms with Gasteiger partial charge in [-0.05, 0) is 74.6 Å². The van der Waals surface area contributed by atoms with Crippen LogP contribution in [0, 0.1) is 13.8 Å². The van der Waals surface area contributed by atoms with Crippen LogP contribution in [-0.2, 0) is 21.4 Å². The van der Waals surface area contributed by atoms with Crippen LogP contribution in [0.4, 0.5) is 11.4 Å². The van der Waals surface area contributed by atoms with E-state index < -0.39 is 16.1 Å². The monoisotopic (exact) mass is 429 g/mol. The molecule has 0 unspecified atom stereocenters. The number of carbonyl (C=O) groups excluding carboxylic acids is 1. The summed E-state index contributed by atoms with van der Waals surface area (Å²) in [5.41, 5.74) is 4.73. The largest absolute Gasteiger partial charge is 0.372 e. The summed E-state index contributed by atoms with van der Waals surface area (Å²) in [7, 11) is -3.62. The van der Waals surface area contributed by atoms with Gasteiger partial charge in [-0.2, -0.15) is 0 Å². The van der Waals surface area contributed by atoms with Gasteiger partial charge in [-0.25, -0.2) is 8.42 Å². The molecule has 0 bridgehead atoms. The molecule has 2 aromatic rings. The van der Waals surface area contributed by atoms with Gasteiger partial charge in [0, 0.05) is 25.3 Å². The van der Waals surface area contributed by atoms with Crippen LogP contribution in [0.2, 0.25) is 0 Å². The van der Waals surface area contributed by atoms with Crippen molar-refractivity contribution in [3.8, 4) is 0 Å². The highest BCUT2D eigenvalue weighted by Gasteiger charge is 2.29. The summed E-state index contributed by atoms with van der Waals surface area (Å²) in [6.45, 7) is 8.04. The Morgan fingerprint density at radius 3 is 2.27 bits per heavy atom. The van der Waals surface area contributed by atoms with Gasteiger partial charge in [-0.3, -0.25) is 9.10 Å². The number of rotatable bonds is 7. The van der Waals surface area contributed by atoms with Crippen molar-refractivity contribution in [2.45, 2.75) is 46.2 Å². The maximum Gasteiger partial charge on any atom is 0.243 e. The lowest BCUT2D eigenvalue weighted by molar-refractivity contribution is -0.122. The maximum absolute atomic E-state index is 12.8. The zero-order chi connectivity index (χ0) is 21.9. The minimum atomic E-state index is -3.62. The Morgan fingerprint density at radius 2 is 1.70 bits per heavy atom. The van der Waals surface area contributed by atoms with E-state index in [9.17, 15) is 13.2 Å². The fourth-order valence-electron chi connectivity index (χ4n) is 3.81. The predicted octanol–water partition coefficient (Wildman–Crippen LogP) is 3.37. The van der Waals surface area contributed by atoms with Gasteiger partial charge in [0.2, 0.25) is 15.9 Å². The zero-order valence-corrected chi connectivity index (χ0v) is 19.0. The van der Waals surface area contributed by atoms with Crippen molar-refractivity contribution in [2.75, 3.05) is 28.6 Å². The van der Waals surface area contributed by atoms with Crippen molar-refractivity contribution in [3.05, 3.63) is 59.2 Å². The SMILES string of the molecule is Cc1ccc(N([C@H](C)C(=O)NCc2ccc(N3CCCC3)cc2)S(C)(=O)=O)cc1C. The van der Waals surface area contributed by atoms with Crippen LogP contribution in [0.1, 0.15) is 36.5 Å². The molecular formula is C23H31N3O3S. The molecule has 1 aliphatic rings. The van der Waals surface area contributed by atoms with Crippen LogP contribution < -0.4 is 14.5 Å². The number of sulfonamides is 1. The van der Waals surface area contributed by atoms with Gasteiger partial charge in [0.1, 0.15) is 6.04 Å². The van der Waals surface area contributed by atoms with E-state index in [4.69, 9.17) is 0 Å². The van der Waals surface area contributed by atoms with Crippen LogP contribution in [-0.4, -0.2) is 39.7 Å². The van der Waals surface area contributed by atoms with Gasteiger partial charge in [0.15, 0.2) is 0 Å². The number of aryl methyl sites for hydroxylation is 2. The van der Waals surface area contributed by atoms with Crippen molar-refractivity contribution in [2.24, 2.45) is 0 Å². The van der Waals surface area contributed by atoms with Crippen molar-refractivity contribution in [1.82, 2.24) is 5.32 Å². The van der Waals surface area contributed by atoms with Crippen LogP contribution in [0.3, 0.4) is 0 Å². The van der Waals surface area contributed by atoms with Gasteiger partial charge in [-0.1, -0.05) is 18.2 Å². The molecule has 30 heavy (non-hydrogen) atoms. The van der Waals surface area contributed by atoms with Crippen LogP contribution in [0.5, 0.6) is 0 Å². The van der Waals surface area contributed by atoms with E-state index in [0.29, 0.717) is 12.2 Å². The van der Waals surface area contributed by atoms with Crippen molar-refractivity contribution < 1.29 is 13.2 Å². The molecular weight excluding hydrogens is 398 g/mol. The van der Waals surface area contributed by atoms with Crippen molar-refractivity contribution >= 4 is 27.3 Å². The quantitative estimate of drug-likeness (QED) is 0.733. The first-order valence-electron chi connectivity index (χ1n) is 10.3. The minimum absolute atomic E-state index is 0.331. The Hall–Kier alpha value is -2.54. The number of hydrogen-bond acceptors (Lipinski definition) is 4. The lowest BCUT2D eigenvalue weighted by atomic mass is 10.1. The molecule has 1 atom stereocenters. The maximum atomic E-state index is 12.8. The van der Waals surface area contributed by atoms with Gasteiger partial charge in [-0.15, -0.1) is 0 Å². The first-order valence-corrected chi connectivity index (χ1v) is 12.2. The van der Waals surface area contributed by atoms with E-state index in [0.717, 1.165) is 36.0 Å². The molecule has 1 fully saturated rings. The standard InChI is InChI=1S/C23H31N3O3S/c1-17-7-10-22(15-18(17)2)26(30(4,28)29)19(3)23(27)24-16-20-8-11-21(12-9-20)25-13-5-6-14-25/h7-12,15,19H,5-6,13-14,16H2,1-4H3,(H,24,27)/t19-/m1/s1. The number of benzene rings is 2. The van der Waals surface area contributed by atoms with Crippen LogP contribution in [0.25, 0.3) is 0 Å². The number of hydrogen-bond donors (Lipinski definition) is 1. The third-order valence-electron chi connectivity index (χ3n) is 5.71. The lowest BCUT2D eigenvalue weighted by Gasteiger charge is -2.28. The summed E-state index contributed by atoms with van der Waals surface area (Å²) in [6.07, 6.45) is 3.59. The first kappa shape index (κ1) is 22.2. The summed E-state index contributed by atoms with van der Waals surface area (Å²) in [5.74, 6) is -0.331.